The average molecular weight is 373 g/mol. The van der Waals surface area contributed by atoms with Gasteiger partial charge in [0.2, 0.25) is 11.8 Å². The number of rotatable bonds is 7. The summed E-state index contributed by atoms with van der Waals surface area (Å²) >= 11 is 1.31. The maximum Gasteiger partial charge on any atom is 0.338 e. The predicted octanol–water partition coefficient (Wildman–Crippen LogP) is 2.85. The Labute approximate surface area is 154 Å². The van der Waals surface area contributed by atoms with Crippen molar-refractivity contribution >= 4 is 39.9 Å². The molecule has 0 spiro atoms. The van der Waals surface area contributed by atoms with Crippen LogP contribution in [0.25, 0.3) is 0 Å². The van der Waals surface area contributed by atoms with Crippen molar-refractivity contribution in [1.82, 2.24) is 4.98 Å². The summed E-state index contributed by atoms with van der Waals surface area (Å²) < 4.78 is 4.91. The van der Waals surface area contributed by atoms with E-state index in [1.165, 1.54) is 11.3 Å². The fourth-order valence-electron chi connectivity index (χ4n) is 2.27. The van der Waals surface area contributed by atoms with Gasteiger partial charge in [-0.15, -0.1) is 11.3 Å². The number of nitrogens with one attached hydrogen (secondary N) is 2. The van der Waals surface area contributed by atoms with E-state index < -0.39 is 5.97 Å². The Morgan fingerprint density at radius 1 is 1.19 bits per heavy atom. The first-order valence-corrected chi connectivity index (χ1v) is 9.25. The summed E-state index contributed by atoms with van der Waals surface area (Å²) in [6.07, 6.45) is 1.97. The van der Waals surface area contributed by atoms with Gasteiger partial charge in [-0.1, -0.05) is 0 Å². The lowest BCUT2D eigenvalue weighted by molar-refractivity contribution is -0.117. The molecule has 7 nitrogen and oxygen atoms in total. The minimum atomic E-state index is -0.395. The quantitative estimate of drug-likeness (QED) is 0.728. The summed E-state index contributed by atoms with van der Waals surface area (Å²) in [5.41, 5.74) is 1.61. The first kappa shape index (κ1) is 18.1. The third-order valence-corrected chi connectivity index (χ3v) is 4.56. The summed E-state index contributed by atoms with van der Waals surface area (Å²) in [6.45, 7) is 2.06. The number of amides is 2. The highest BCUT2D eigenvalue weighted by Crippen LogP contribution is 2.30. The molecule has 26 heavy (non-hydrogen) atoms. The zero-order chi connectivity index (χ0) is 18.5. The predicted molar refractivity (Wildman–Crippen MR) is 98.2 cm³/mol. The Bertz CT molecular complexity index is 812. The fourth-order valence-corrected chi connectivity index (χ4v) is 2.99. The second-order valence-electron chi connectivity index (χ2n) is 5.93. The molecule has 2 aromatic rings. The minimum Gasteiger partial charge on any atom is -0.462 e. The zero-order valence-electron chi connectivity index (χ0n) is 14.3. The number of aromatic nitrogens is 1. The number of anilines is 2. The number of nitrogens with zero attached hydrogens (tertiary/aromatic N) is 1. The van der Waals surface area contributed by atoms with Crippen LogP contribution in [0.5, 0.6) is 0 Å². The van der Waals surface area contributed by atoms with E-state index in [-0.39, 0.29) is 24.2 Å². The van der Waals surface area contributed by atoms with Gasteiger partial charge in [-0.25, -0.2) is 9.78 Å². The number of esters is 1. The fraction of sp³-hybridized carbons (Fsp3) is 0.333. The second kappa shape index (κ2) is 8.09. The van der Waals surface area contributed by atoms with Crippen molar-refractivity contribution in [3.05, 3.63) is 40.9 Å². The van der Waals surface area contributed by atoms with Gasteiger partial charge in [0.05, 0.1) is 24.3 Å². The SMILES string of the molecule is CCOC(=O)c1ccc(NC(=O)Cc2csc(NC(=O)C3CC3)n2)cc1. The molecule has 1 saturated carbocycles. The van der Waals surface area contributed by atoms with Crippen molar-refractivity contribution in [3.63, 3.8) is 0 Å². The molecule has 8 heteroatoms. The van der Waals surface area contributed by atoms with Crippen LogP contribution >= 0.6 is 11.3 Å². The van der Waals surface area contributed by atoms with Crippen LogP contribution in [0.15, 0.2) is 29.6 Å². The molecule has 0 unspecified atom stereocenters. The molecule has 0 aliphatic heterocycles. The molecule has 1 aromatic heterocycles. The van der Waals surface area contributed by atoms with Gasteiger partial charge in [0, 0.05) is 17.0 Å². The average Bonchev–Trinajstić information content (AvgIpc) is 3.38. The third kappa shape index (κ3) is 4.89. The van der Waals surface area contributed by atoms with Crippen LogP contribution in [0.1, 0.15) is 35.8 Å². The smallest absolute Gasteiger partial charge is 0.338 e. The van der Waals surface area contributed by atoms with Crippen molar-refractivity contribution in [2.75, 3.05) is 17.2 Å². The third-order valence-electron chi connectivity index (χ3n) is 3.75. The molecule has 3 rings (SSSR count). The van der Waals surface area contributed by atoms with Crippen molar-refractivity contribution < 1.29 is 19.1 Å². The van der Waals surface area contributed by atoms with Crippen LogP contribution in [-0.2, 0) is 20.7 Å². The first-order valence-electron chi connectivity index (χ1n) is 8.37. The number of ether oxygens (including phenoxy) is 1. The number of benzene rings is 1. The van der Waals surface area contributed by atoms with Gasteiger partial charge in [0.1, 0.15) is 0 Å². The molecular weight excluding hydrogens is 354 g/mol. The summed E-state index contributed by atoms with van der Waals surface area (Å²) in [5, 5.41) is 7.79. The highest BCUT2D eigenvalue weighted by Gasteiger charge is 2.30. The molecule has 136 valence electrons. The number of hydrogen-bond acceptors (Lipinski definition) is 6. The van der Waals surface area contributed by atoms with E-state index in [4.69, 9.17) is 4.74 Å². The number of hydrogen-bond donors (Lipinski definition) is 2. The largest absolute Gasteiger partial charge is 0.462 e. The lowest BCUT2D eigenvalue weighted by Gasteiger charge is -2.06. The zero-order valence-corrected chi connectivity index (χ0v) is 15.1. The van der Waals surface area contributed by atoms with Crippen LogP contribution in [0.3, 0.4) is 0 Å². The first-order chi connectivity index (χ1) is 12.5. The van der Waals surface area contributed by atoms with Gasteiger partial charge in [0.25, 0.3) is 0 Å². The van der Waals surface area contributed by atoms with E-state index in [2.05, 4.69) is 15.6 Å². The van der Waals surface area contributed by atoms with Crippen molar-refractivity contribution in [2.24, 2.45) is 5.92 Å². The molecule has 1 aliphatic rings. The summed E-state index contributed by atoms with van der Waals surface area (Å²) in [6, 6.07) is 6.49. The topological polar surface area (TPSA) is 97.4 Å². The normalized spacial score (nSPS) is 13.1. The van der Waals surface area contributed by atoms with Gasteiger partial charge in [-0.3, -0.25) is 9.59 Å². The Morgan fingerprint density at radius 2 is 1.92 bits per heavy atom. The van der Waals surface area contributed by atoms with E-state index in [1.807, 2.05) is 0 Å². The summed E-state index contributed by atoms with van der Waals surface area (Å²) in [7, 11) is 0. The second-order valence-corrected chi connectivity index (χ2v) is 6.79. The van der Waals surface area contributed by atoms with Crippen LogP contribution in [0.2, 0.25) is 0 Å². The van der Waals surface area contributed by atoms with E-state index in [1.54, 1.807) is 36.6 Å². The maximum atomic E-state index is 12.1. The Balaban J connectivity index is 1.51. The molecule has 0 atom stereocenters. The molecule has 2 amide bonds. The highest BCUT2D eigenvalue weighted by molar-refractivity contribution is 7.13. The molecule has 2 N–H and O–H groups in total. The van der Waals surface area contributed by atoms with Gasteiger partial charge in [0.15, 0.2) is 5.13 Å². The Hall–Kier alpha value is -2.74. The van der Waals surface area contributed by atoms with Crippen molar-refractivity contribution in [1.29, 1.82) is 0 Å². The van der Waals surface area contributed by atoms with E-state index in [0.29, 0.717) is 28.7 Å². The van der Waals surface area contributed by atoms with Gasteiger partial charge >= 0.3 is 5.97 Å². The minimum absolute atomic E-state index is 0.00274. The van der Waals surface area contributed by atoms with Crippen LogP contribution in [0.4, 0.5) is 10.8 Å². The van der Waals surface area contributed by atoms with E-state index in [9.17, 15) is 14.4 Å². The summed E-state index contributed by atoms with van der Waals surface area (Å²) in [5.74, 6) is -0.506. The van der Waals surface area contributed by atoms with E-state index in [0.717, 1.165) is 12.8 Å². The molecular formula is C18H19N3O4S. The monoisotopic (exact) mass is 373 g/mol. The lowest BCUT2D eigenvalue weighted by Crippen LogP contribution is -2.15. The van der Waals surface area contributed by atoms with Crippen molar-refractivity contribution in [2.45, 2.75) is 26.2 Å². The molecule has 1 heterocycles. The van der Waals surface area contributed by atoms with E-state index >= 15 is 0 Å². The Morgan fingerprint density at radius 3 is 2.58 bits per heavy atom. The molecule has 0 radical (unpaired) electrons. The molecule has 0 bridgehead atoms. The maximum absolute atomic E-state index is 12.1. The number of carbonyl (C=O) groups excluding carboxylic acids is 3. The standard InChI is InChI=1S/C18H19N3O4S/c1-2-25-17(24)12-5-7-13(8-6-12)19-15(22)9-14-10-26-18(20-14)21-16(23)11-3-4-11/h5-8,10-11H,2-4,9H2,1H3,(H,19,22)(H,20,21,23). The summed E-state index contributed by atoms with van der Waals surface area (Å²) in [4.78, 5) is 39.7. The molecule has 0 saturated heterocycles. The van der Waals surface area contributed by atoms with Gasteiger partial charge in [-0.05, 0) is 44.0 Å². The van der Waals surface area contributed by atoms with Crippen LogP contribution in [0, 0.1) is 5.92 Å². The van der Waals surface area contributed by atoms with Crippen LogP contribution < -0.4 is 10.6 Å². The highest BCUT2D eigenvalue weighted by atomic mass is 32.1. The number of thiazole rings is 1. The molecule has 1 aliphatic carbocycles. The lowest BCUT2D eigenvalue weighted by atomic mass is 10.2. The van der Waals surface area contributed by atoms with Gasteiger partial charge in [-0.2, -0.15) is 0 Å². The molecule has 1 fully saturated rings. The van der Waals surface area contributed by atoms with Crippen LogP contribution in [-0.4, -0.2) is 29.4 Å². The number of carbonyl (C=O) groups is 3. The molecule has 1 aromatic carbocycles. The van der Waals surface area contributed by atoms with Gasteiger partial charge < -0.3 is 15.4 Å². The Kier molecular flexibility index (Phi) is 5.62. The van der Waals surface area contributed by atoms with Crippen molar-refractivity contribution in [3.8, 4) is 0 Å².